The van der Waals surface area contributed by atoms with E-state index >= 15 is 0 Å². The largest absolute Gasteiger partial charge is 0.284 e. The second-order valence-electron chi connectivity index (χ2n) is 10.1. The van der Waals surface area contributed by atoms with E-state index in [1.807, 2.05) is 0 Å². The smallest absolute Gasteiger partial charge is 0.263 e. The summed E-state index contributed by atoms with van der Waals surface area (Å²) >= 11 is 3.50. The van der Waals surface area contributed by atoms with Crippen molar-refractivity contribution in [3.63, 3.8) is 0 Å². The normalized spacial score (nSPS) is 17.4. The van der Waals surface area contributed by atoms with Gasteiger partial charge in [-0.25, -0.2) is 4.98 Å². The molecule has 2 aliphatic carbocycles. The summed E-state index contributed by atoms with van der Waals surface area (Å²) in [5.74, 6) is 0.847. The first-order valence-electron chi connectivity index (χ1n) is 11.7. The minimum absolute atomic E-state index is 0.166. The van der Waals surface area contributed by atoms with Gasteiger partial charge in [0.1, 0.15) is 4.83 Å². The predicted octanol–water partition coefficient (Wildman–Crippen LogP) is 7.04. The number of thiophene rings is 1. The lowest BCUT2D eigenvalue weighted by Crippen LogP contribution is -2.26. The third kappa shape index (κ3) is 4.11. The number of hydrogen-bond acceptors (Lipinski definition) is 4. The maximum atomic E-state index is 13.8. The summed E-state index contributed by atoms with van der Waals surface area (Å²) < 4.78 is 2.07. The number of rotatable bonds is 4. The first-order chi connectivity index (χ1) is 14.9. The van der Waals surface area contributed by atoms with Crippen molar-refractivity contribution in [2.45, 2.75) is 94.5 Å². The summed E-state index contributed by atoms with van der Waals surface area (Å²) in [7, 11) is 0. The molecule has 0 bridgehead atoms. The van der Waals surface area contributed by atoms with Crippen molar-refractivity contribution >= 4 is 33.3 Å². The molecular weight excluding hydrogens is 420 g/mol. The van der Waals surface area contributed by atoms with Crippen molar-refractivity contribution < 1.29 is 0 Å². The van der Waals surface area contributed by atoms with Crippen molar-refractivity contribution in [1.29, 1.82) is 0 Å². The number of aryl methyl sites for hydroxylation is 2. The van der Waals surface area contributed by atoms with E-state index in [1.165, 1.54) is 47.3 Å². The Kier molecular flexibility index (Phi) is 5.76. The molecule has 1 fully saturated rings. The zero-order chi connectivity index (χ0) is 21.6. The topological polar surface area (TPSA) is 34.9 Å². The van der Waals surface area contributed by atoms with Gasteiger partial charge < -0.3 is 0 Å². The van der Waals surface area contributed by atoms with E-state index in [0.717, 1.165) is 46.8 Å². The maximum absolute atomic E-state index is 13.8. The number of benzene rings is 1. The van der Waals surface area contributed by atoms with E-state index < -0.39 is 0 Å². The van der Waals surface area contributed by atoms with E-state index in [4.69, 9.17) is 4.98 Å². The molecule has 5 heteroatoms. The third-order valence-corrected chi connectivity index (χ3v) is 9.08. The van der Waals surface area contributed by atoms with Gasteiger partial charge in [-0.3, -0.25) is 9.36 Å². The molecule has 3 nitrogen and oxygen atoms in total. The molecule has 0 atom stereocenters. The molecular formula is C26H32N2OS2. The monoisotopic (exact) mass is 452 g/mol. The lowest BCUT2D eigenvalue weighted by atomic mass is 9.87. The van der Waals surface area contributed by atoms with Gasteiger partial charge in [0.2, 0.25) is 0 Å². The highest BCUT2D eigenvalue weighted by atomic mass is 32.2. The second kappa shape index (κ2) is 8.40. The number of thioether (sulfide) groups is 1. The zero-order valence-corrected chi connectivity index (χ0v) is 20.5. The zero-order valence-electron chi connectivity index (χ0n) is 18.9. The number of fused-ring (bicyclic) bond motifs is 3. The molecule has 164 valence electrons. The first-order valence-corrected chi connectivity index (χ1v) is 13.5. The molecule has 1 aromatic carbocycles. The molecule has 5 rings (SSSR count). The van der Waals surface area contributed by atoms with E-state index in [1.54, 1.807) is 23.1 Å². The van der Waals surface area contributed by atoms with E-state index in [2.05, 4.69) is 49.6 Å². The van der Waals surface area contributed by atoms with Gasteiger partial charge >= 0.3 is 0 Å². The van der Waals surface area contributed by atoms with Crippen molar-refractivity contribution in [1.82, 2.24) is 9.55 Å². The van der Waals surface area contributed by atoms with Gasteiger partial charge in [-0.1, -0.05) is 69.6 Å². The van der Waals surface area contributed by atoms with Gasteiger partial charge in [0.15, 0.2) is 5.16 Å². The summed E-state index contributed by atoms with van der Waals surface area (Å²) in [6.07, 6.45) is 9.24. The van der Waals surface area contributed by atoms with Gasteiger partial charge in [-0.2, -0.15) is 0 Å². The standard InChI is InChI=1S/C26H32N2OS2/c1-26(2,3)18-14-12-17(13-15-18)16-30-25-27-23-22(20-10-6-7-11-21(20)31-23)24(29)28(25)19-8-4-5-9-19/h12-15,19H,4-11,16H2,1-3H3. The van der Waals surface area contributed by atoms with E-state index in [0.29, 0.717) is 6.04 Å². The summed E-state index contributed by atoms with van der Waals surface area (Å²) in [6.45, 7) is 6.74. The Morgan fingerprint density at radius 1 is 1.06 bits per heavy atom. The van der Waals surface area contributed by atoms with Crippen LogP contribution in [0.3, 0.4) is 0 Å². The fraction of sp³-hybridized carbons (Fsp3) is 0.538. The lowest BCUT2D eigenvalue weighted by molar-refractivity contribution is 0.457. The Hall–Kier alpha value is -1.59. The van der Waals surface area contributed by atoms with Crippen LogP contribution in [0, 0.1) is 0 Å². The van der Waals surface area contributed by atoms with Crippen LogP contribution in [0.2, 0.25) is 0 Å². The van der Waals surface area contributed by atoms with Crippen LogP contribution < -0.4 is 5.56 Å². The highest BCUT2D eigenvalue weighted by Gasteiger charge is 2.27. The van der Waals surface area contributed by atoms with Crippen molar-refractivity contribution in [3.05, 3.63) is 56.2 Å². The van der Waals surface area contributed by atoms with Gasteiger partial charge in [0, 0.05) is 16.7 Å². The minimum atomic E-state index is 0.166. The average molecular weight is 453 g/mol. The first kappa shape index (κ1) is 21.3. The van der Waals surface area contributed by atoms with E-state index in [-0.39, 0.29) is 11.0 Å². The Morgan fingerprint density at radius 3 is 2.48 bits per heavy atom. The Labute approximate surface area is 193 Å². The summed E-state index contributed by atoms with van der Waals surface area (Å²) in [5.41, 5.74) is 4.34. The molecule has 2 aliphatic rings. The predicted molar refractivity (Wildman–Crippen MR) is 133 cm³/mol. The third-order valence-electron chi connectivity index (χ3n) is 6.87. The molecule has 0 amide bonds. The maximum Gasteiger partial charge on any atom is 0.263 e. The van der Waals surface area contributed by atoms with Crippen molar-refractivity contribution in [2.75, 3.05) is 0 Å². The van der Waals surface area contributed by atoms with Crippen LogP contribution in [-0.2, 0) is 24.0 Å². The van der Waals surface area contributed by atoms with Gasteiger partial charge in [-0.15, -0.1) is 11.3 Å². The van der Waals surface area contributed by atoms with Gasteiger partial charge in [0.05, 0.1) is 5.39 Å². The number of hydrogen-bond donors (Lipinski definition) is 0. The average Bonchev–Trinajstić information content (AvgIpc) is 3.39. The molecule has 0 unspecified atom stereocenters. The van der Waals surface area contributed by atoms with Crippen LogP contribution >= 0.6 is 23.1 Å². The second-order valence-corrected chi connectivity index (χ2v) is 12.2. The highest BCUT2D eigenvalue weighted by Crippen LogP contribution is 2.38. The van der Waals surface area contributed by atoms with Gasteiger partial charge in [-0.05, 0) is 60.6 Å². The molecule has 31 heavy (non-hydrogen) atoms. The van der Waals surface area contributed by atoms with Crippen LogP contribution in [0.1, 0.15) is 86.9 Å². The molecule has 2 aromatic heterocycles. The van der Waals surface area contributed by atoms with Crippen molar-refractivity contribution in [3.8, 4) is 0 Å². The fourth-order valence-electron chi connectivity index (χ4n) is 5.03. The fourth-order valence-corrected chi connectivity index (χ4v) is 7.36. The molecule has 0 saturated heterocycles. The molecule has 2 heterocycles. The van der Waals surface area contributed by atoms with Crippen LogP contribution in [0.25, 0.3) is 10.2 Å². The molecule has 1 saturated carbocycles. The highest BCUT2D eigenvalue weighted by molar-refractivity contribution is 7.98. The Bertz CT molecular complexity index is 1150. The van der Waals surface area contributed by atoms with Crippen LogP contribution in [0.15, 0.2) is 34.2 Å². The summed E-state index contributed by atoms with van der Waals surface area (Å²) in [5, 5.41) is 1.85. The van der Waals surface area contributed by atoms with E-state index in [9.17, 15) is 4.79 Å². The molecule has 0 N–H and O–H groups in total. The summed E-state index contributed by atoms with van der Waals surface area (Å²) in [4.78, 5) is 21.2. The quantitative estimate of drug-likeness (QED) is 0.314. The lowest BCUT2D eigenvalue weighted by Gasteiger charge is -2.20. The molecule has 0 spiro atoms. The number of nitrogens with zero attached hydrogens (tertiary/aromatic N) is 2. The van der Waals surface area contributed by atoms with Crippen LogP contribution in [0.5, 0.6) is 0 Å². The number of aromatic nitrogens is 2. The summed E-state index contributed by atoms with van der Waals surface area (Å²) in [6, 6.07) is 9.25. The van der Waals surface area contributed by atoms with Crippen molar-refractivity contribution in [2.24, 2.45) is 0 Å². The molecule has 0 aliphatic heterocycles. The Balaban J connectivity index is 1.51. The minimum Gasteiger partial charge on any atom is -0.284 e. The molecule has 3 aromatic rings. The Morgan fingerprint density at radius 2 is 1.77 bits per heavy atom. The van der Waals surface area contributed by atoms with Crippen LogP contribution in [0.4, 0.5) is 0 Å². The molecule has 0 radical (unpaired) electrons. The van der Waals surface area contributed by atoms with Gasteiger partial charge in [0.25, 0.3) is 5.56 Å². The van der Waals surface area contributed by atoms with Crippen LogP contribution in [-0.4, -0.2) is 9.55 Å². The SMILES string of the molecule is CC(C)(C)c1ccc(CSc2nc3sc4c(c3c(=O)n2C2CCCC2)CCCC4)cc1.